The van der Waals surface area contributed by atoms with Gasteiger partial charge in [0.2, 0.25) is 5.91 Å². The van der Waals surface area contributed by atoms with E-state index in [9.17, 15) is 9.59 Å². The van der Waals surface area contributed by atoms with Gasteiger partial charge in [0.05, 0.1) is 11.8 Å². The molecular weight excluding hydrogens is 366 g/mol. The Bertz CT molecular complexity index is 792. The van der Waals surface area contributed by atoms with Gasteiger partial charge in [0, 0.05) is 32.2 Å². The zero-order valence-electron chi connectivity index (χ0n) is 16.8. The Kier molecular flexibility index (Phi) is 6.30. The van der Waals surface area contributed by atoms with Crippen molar-refractivity contribution in [1.29, 1.82) is 0 Å². The van der Waals surface area contributed by atoms with Crippen molar-refractivity contribution in [3.63, 3.8) is 0 Å². The van der Waals surface area contributed by atoms with Crippen LogP contribution in [0.1, 0.15) is 54.1 Å². The number of benzene rings is 1. The van der Waals surface area contributed by atoms with Gasteiger partial charge in [-0.25, -0.2) is 0 Å². The minimum absolute atomic E-state index is 0.0150. The lowest BCUT2D eigenvalue weighted by molar-refractivity contribution is -0.134. The van der Waals surface area contributed by atoms with E-state index in [1.165, 1.54) is 18.9 Å². The third-order valence-corrected chi connectivity index (χ3v) is 6.00. The summed E-state index contributed by atoms with van der Waals surface area (Å²) in [7, 11) is 0. The molecule has 0 spiro atoms. The van der Waals surface area contributed by atoms with Gasteiger partial charge in [-0.15, -0.1) is 0 Å². The van der Waals surface area contributed by atoms with Gasteiger partial charge in [-0.05, 0) is 43.7 Å². The number of likely N-dealkylation sites (tertiary alicyclic amines) is 2. The van der Waals surface area contributed by atoms with E-state index in [1.807, 2.05) is 40.1 Å². The molecule has 1 unspecified atom stereocenters. The maximum absolute atomic E-state index is 13.3. The van der Waals surface area contributed by atoms with Crippen LogP contribution in [0.4, 0.5) is 0 Å². The zero-order chi connectivity index (χ0) is 20.1. The van der Waals surface area contributed by atoms with Crippen LogP contribution >= 0.6 is 0 Å². The molecule has 2 fully saturated rings. The number of hydrogen-bond donors (Lipinski definition) is 1. The number of piperidine rings is 2. The van der Waals surface area contributed by atoms with Crippen LogP contribution in [0, 0.1) is 0 Å². The molecule has 2 amide bonds. The smallest absolute Gasteiger partial charge is 0.257 e. The summed E-state index contributed by atoms with van der Waals surface area (Å²) in [5, 5.41) is 3.62. The van der Waals surface area contributed by atoms with Crippen molar-refractivity contribution in [2.45, 2.75) is 44.2 Å². The second-order valence-corrected chi connectivity index (χ2v) is 7.97. The lowest BCUT2D eigenvalue weighted by Crippen LogP contribution is -2.50. The fourth-order valence-electron chi connectivity index (χ4n) is 4.31. The molecule has 2 aromatic rings. The fourth-order valence-corrected chi connectivity index (χ4v) is 4.31. The predicted octanol–water partition coefficient (Wildman–Crippen LogP) is 3.23. The van der Waals surface area contributed by atoms with Gasteiger partial charge in [-0.1, -0.05) is 30.3 Å². The first-order valence-electron chi connectivity index (χ1n) is 10.6. The van der Waals surface area contributed by atoms with Crippen LogP contribution < -0.4 is 5.32 Å². The lowest BCUT2D eigenvalue weighted by atomic mass is 9.98. The monoisotopic (exact) mass is 395 g/mol. The first-order valence-corrected chi connectivity index (χ1v) is 10.6. The van der Waals surface area contributed by atoms with E-state index in [4.69, 9.17) is 4.42 Å². The van der Waals surface area contributed by atoms with Gasteiger partial charge < -0.3 is 14.2 Å². The van der Waals surface area contributed by atoms with E-state index in [1.54, 1.807) is 6.07 Å². The molecule has 0 saturated carbocycles. The van der Waals surface area contributed by atoms with Gasteiger partial charge in [-0.2, -0.15) is 0 Å². The molecule has 0 bridgehead atoms. The van der Waals surface area contributed by atoms with Crippen molar-refractivity contribution >= 4 is 11.8 Å². The Morgan fingerprint density at radius 1 is 0.931 bits per heavy atom. The van der Waals surface area contributed by atoms with E-state index in [2.05, 4.69) is 5.32 Å². The predicted molar refractivity (Wildman–Crippen MR) is 110 cm³/mol. The first-order chi connectivity index (χ1) is 14.2. The summed E-state index contributed by atoms with van der Waals surface area (Å²) in [6, 6.07) is 11.6. The SMILES string of the molecule is O=C(c1ccoc1)N1CCC(NC(C(=O)N2CCCCC2)c2ccccc2)CC1. The maximum atomic E-state index is 13.3. The van der Waals surface area contributed by atoms with Gasteiger partial charge in [0.25, 0.3) is 5.91 Å². The average molecular weight is 396 g/mol. The number of nitrogens with zero attached hydrogens (tertiary/aromatic N) is 2. The highest BCUT2D eigenvalue weighted by Crippen LogP contribution is 2.23. The number of hydrogen-bond acceptors (Lipinski definition) is 4. The summed E-state index contributed by atoms with van der Waals surface area (Å²) in [5.74, 6) is 0.189. The molecule has 6 heteroatoms. The molecule has 6 nitrogen and oxygen atoms in total. The molecular formula is C23H29N3O3. The molecule has 0 radical (unpaired) electrons. The fraction of sp³-hybridized carbons (Fsp3) is 0.478. The molecule has 0 aliphatic carbocycles. The molecule has 2 aliphatic heterocycles. The average Bonchev–Trinajstić information content (AvgIpc) is 3.33. The van der Waals surface area contributed by atoms with Crippen LogP contribution in [-0.2, 0) is 4.79 Å². The summed E-state index contributed by atoms with van der Waals surface area (Å²) in [6.07, 6.45) is 8.06. The second-order valence-electron chi connectivity index (χ2n) is 7.97. The van der Waals surface area contributed by atoms with Crippen molar-refractivity contribution in [2.75, 3.05) is 26.2 Å². The van der Waals surface area contributed by atoms with Crippen LogP contribution in [0.3, 0.4) is 0 Å². The summed E-state index contributed by atoms with van der Waals surface area (Å²) in [4.78, 5) is 29.7. The molecule has 1 N–H and O–H groups in total. The molecule has 1 aromatic heterocycles. The zero-order valence-corrected chi connectivity index (χ0v) is 16.8. The highest BCUT2D eigenvalue weighted by molar-refractivity contribution is 5.93. The Hall–Kier alpha value is -2.60. The summed E-state index contributed by atoms with van der Waals surface area (Å²) in [5.41, 5.74) is 1.61. The van der Waals surface area contributed by atoms with E-state index in [0.29, 0.717) is 18.7 Å². The van der Waals surface area contributed by atoms with Gasteiger partial charge in [-0.3, -0.25) is 14.9 Å². The standard InChI is InChI=1S/C23H29N3O3/c27-22(19-11-16-29-17-19)26-14-9-20(10-15-26)24-21(18-7-3-1-4-8-18)23(28)25-12-5-2-6-13-25/h1,3-4,7-8,11,16-17,20-21,24H,2,5-6,9-10,12-15H2. The van der Waals surface area contributed by atoms with Crippen LogP contribution in [0.2, 0.25) is 0 Å². The van der Waals surface area contributed by atoms with Gasteiger partial charge >= 0.3 is 0 Å². The molecule has 3 heterocycles. The molecule has 29 heavy (non-hydrogen) atoms. The second kappa shape index (κ2) is 9.27. The third kappa shape index (κ3) is 4.70. The highest BCUT2D eigenvalue weighted by Gasteiger charge is 2.31. The Labute approximate surface area is 171 Å². The van der Waals surface area contributed by atoms with E-state index in [-0.39, 0.29) is 23.9 Å². The summed E-state index contributed by atoms with van der Waals surface area (Å²) < 4.78 is 5.03. The molecule has 1 aromatic carbocycles. The molecule has 154 valence electrons. The van der Waals surface area contributed by atoms with E-state index >= 15 is 0 Å². The summed E-state index contributed by atoms with van der Waals surface area (Å²) in [6.45, 7) is 3.06. The molecule has 2 saturated heterocycles. The lowest BCUT2D eigenvalue weighted by Gasteiger charge is -2.36. The topological polar surface area (TPSA) is 65.8 Å². The van der Waals surface area contributed by atoms with E-state index < -0.39 is 0 Å². The number of amides is 2. The Morgan fingerprint density at radius 2 is 1.66 bits per heavy atom. The quantitative estimate of drug-likeness (QED) is 0.844. The van der Waals surface area contributed by atoms with Crippen LogP contribution in [-0.4, -0.2) is 53.8 Å². The largest absolute Gasteiger partial charge is 0.472 e. The van der Waals surface area contributed by atoms with Crippen molar-refractivity contribution in [3.05, 3.63) is 60.1 Å². The number of nitrogens with one attached hydrogen (secondary N) is 1. The molecule has 2 aliphatic rings. The first kappa shape index (κ1) is 19.7. The van der Waals surface area contributed by atoms with Crippen molar-refractivity contribution in [3.8, 4) is 0 Å². The van der Waals surface area contributed by atoms with Crippen LogP contribution in [0.5, 0.6) is 0 Å². The Morgan fingerprint density at radius 3 is 2.31 bits per heavy atom. The number of rotatable bonds is 5. The minimum atomic E-state index is -0.324. The van der Waals surface area contributed by atoms with Crippen molar-refractivity contribution in [2.24, 2.45) is 0 Å². The third-order valence-electron chi connectivity index (χ3n) is 6.00. The van der Waals surface area contributed by atoms with Gasteiger partial charge in [0.15, 0.2) is 0 Å². The summed E-state index contributed by atoms with van der Waals surface area (Å²) >= 11 is 0. The molecule has 4 rings (SSSR count). The number of carbonyl (C=O) groups is 2. The van der Waals surface area contributed by atoms with Crippen LogP contribution in [0.15, 0.2) is 53.3 Å². The Balaban J connectivity index is 1.40. The highest BCUT2D eigenvalue weighted by atomic mass is 16.3. The van der Waals surface area contributed by atoms with Crippen molar-refractivity contribution < 1.29 is 14.0 Å². The maximum Gasteiger partial charge on any atom is 0.257 e. The molecule has 1 atom stereocenters. The van der Waals surface area contributed by atoms with E-state index in [0.717, 1.165) is 44.3 Å². The number of furan rings is 1. The van der Waals surface area contributed by atoms with Crippen molar-refractivity contribution in [1.82, 2.24) is 15.1 Å². The minimum Gasteiger partial charge on any atom is -0.472 e. The van der Waals surface area contributed by atoms with Gasteiger partial charge in [0.1, 0.15) is 12.3 Å². The van der Waals surface area contributed by atoms with Crippen LogP contribution in [0.25, 0.3) is 0 Å². The number of carbonyl (C=O) groups excluding carboxylic acids is 2. The normalized spacial score (nSPS) is 19.2.